The van der Waals surface area contributed by atoms with E-state index in [2.05, 4.69) is 11.8 Å². The summed E-state index contributed by atoms with van der Waals surface area (Å²) in [6, 6.07) is 0.590. The van der Waals surface area contributed by atoms with Crippen molar-refractivity contribution in [2.24, 2.45) is 5.73 Å². The molecule has 2 aliphatic rings. The molecule has 3 heteroatoms. The lowest BCUT2D eigenvalue weighted by Crippen LogP contribution is -2.50. The molecule has 0 aromatic carbocycles. The molecule has 2 saturated heterocycles. The smallest absolute Gasteiger partial charge is 0.0707 e. The average Bonchev–Trinajstić information content (AvgIpc) is 2.54. The number of morpholine rings is 1. The first-order valence-corrected chi connectivity index (χ1v) is 5.93. The largest absolute Gasteiger partial charge is 0.372 e. The Bertz CT molecular complexity index is 174. The van der Waals surface area contributed by atoms with Crippen molar-refractivity contribution >= 4 is 0 Å². The van der Waals surface area contributed by atoms with E-state index in [0.717, 1.165) is 19.6 Å². The van der Waals surface area contributed by atoms with E-state index in [0.29, 0.717) is 18.2 Å². The average molecular weight is 198 g/mol. The van der Waals surface area contributed by atoms with Crippen molar-refractivity contribution in [1.82, 2.24) is 4.90 Å². The minimum absolute atomic E-state index is 0.500. The zero-order chi connectivity index (χ0) is 9.97. The summed E-state index contributed by atoms with van der Waals surface area (Å²) in [5.74, 6) is 0. The highest BCUT2D eigenvalue weighted by atomic mass is 16.5. The third kappa shape index (κ3) is 2.10. The molecule has 2 heterocycles. The van der Waals surface area contributed by atoms with Gasteiger partial charge in [0.05, 0.1) is 12.2 Å². The van der Waals surface area contributed by atoms with Crippen LogP contribution in [0.5, 0.6) is 0 Å². The zero-order valence-electron chi connectivity index (χ0n) is 9.11. The fraction of sp³-hybridized carbons (Fsp3) is 1.00. The fourth-order valence-corrected chi connectivity index (χ4v) is 2.73. The highest BCUT2D eigenvalue weighted by Crippen LogP contribution is 2.27. The molecule has 0 aromatic heterocycles. The lowest BCUT2D eigenvalue weighted by atomic mass is 10.1. The molecular formula is C11H22N2O. The van der Waals surface area contributed by atoms with Gasteiger partial charge in [-0.05, 0) is 19.3 Å². The molecule has 3 nitrogen and oxygen atoms in total. The Morgan fingerprint density at radius 2 is 2.00 bits per heavy atom. The molecular weight excluding hydrogens is 176 g/mol. The van der Waals surface area contributed by atoms with Gasteiger partial charge in [0.15, 0.2) is 0 Å². The molecule has 2 fully saturated rings. The van der Waals surface area contributed by atoms with Gasteiger partial charge in [-0.2, -0.15) is 0 Å². The van der Waals surface area contributed by atoms with E-state index in [1.54, 1.807) is 0 Å². The van der Waals surface area contributed by atoms with Crippen molar-refractivity contribution in [3.63, 3.8) is 0 Å². The number of nitrogens with zero attached hydrogens (tertiary/aromatic N) is 1. The number of hydrogen-bond acceptors (Lipinski definition) is 3. The van der Waals surface area contributed by atoms with Crippen LogP contribution >= 0.6 is 0 Å². The molecule has 0 radical (unpaired) electrons. The number of rotatable bonds is 4. The van der Waals surface area contributed by atoms with Gasteiger partial charge in [0.2, 0.25) is 0 Å². The monoisotopic (exact) mass is 198 g/mol. The minimum Gasteiger partial charge on any atom is -0.372 e. The van der Waals surface area contributed by atoms with Gasteiger partial charge in [-0.3, -0.25) is 4.90 Å². The lowest BCUT2D eigenvalue weighted by Gasteiger charge is -2.37. The molecule has 2 N–H and O–H groups in total. The second kappa shape index (κ2) is 4.60. The Morgan fingerprint density at radius 1 is 1.36 bits per heavy atom. The summed E-state index contributed by atoms with van der Waals surface area (Å²) < 4.78 is 5.82. The van der Waals surface area contributed by atoms with Crippen LogP contribution in [0.1, 0.15) is 32.6 Å². The molecule has 0 saturated carbocycles. The first-order valence-electron chi connectivity index (χ1n) is 5.93. The summed E-state index contributed by atoms with van der Waals surface area (Å²) in [4.78, 5) is 2.55. The Labute approximate surface area is 86.6 Å². The van der Waals surface area contributed by atoms with Crippen LogP contribution in [-0.2, 0) is 4.74 Å². The van der Waals surface area contributed by atoms with Gasteiger partial charge in [-0.1, -0.05) is 13.3 Å². The topological polar surface area (TPSA) is 38.5 Å². The molecule has 0 aliphatic carbocycles. The van der Waals surface area contributed by atoms with Gasteiger partial charge in [0, 0.05) is 25.7 Å². The maximum Gasteiger partial charge on any atom is 0.0707 e. The van der Waals surface area contributed by atoms with E-state index in [1.165, 1.54) is 25.7 Å². The summed E-state index contributed by atoms with van der Waals surface area (Å²) in [6.45, 7) is 5.25. The van der Waals surface area contributed by atoms with Gasteiger partial charge in [-0.25, -0.2) is 0 Å². The zero-order valence-corrected chi connectivity index (χ0v) is 9.11. The highest BCUT2D eigenvalue weighted by Gasteiger charge is 2.35. The Morgan fingerprint density at radius 3 is 2.50 bits per heavy atom. The summed E-state index contributed by atoms with van der Waals surface area (Å²) >= 11 is 0. The molecule has 0 spiro atoms. The van der Waals surface area contributed by atoms with Gasteiger partial charge in [0.1, 0.15) is 0 Å². The summed E-state index contributed by atoms with van der Waals surface area (Å²) in [5, 5.41) is 0. The quantitative estimate of drug-likeness (QED) is 0.731. The summed E-state index contributed by atoms with van der Waals surface area (Å²) in [6.07, 6.45) is 5.97. The van der Waals surface area contributed by atoms with Crippen LogP contribution in [0.3, 0.4) is 0 Å². The number of hydrogen-bond donors (Lipinski definition) is 1. The molecule has 2 bridgehead atoms. The molecule has 3 atom stereocenters. The number of nitrogens with two attached hydrogens (primary N) is 1. The van der Waals surface area contributed by atoms with Crippen LogP contribution in [0.2, 0.25) is 0 Å². The number of ether oxygens (including phenoxy) is 1. The third-order valence-electron chi connectivity index (χ3n) is 3.48. The molecule has 82 valence electrons. The Hall–Kier alpha value is -0.120. The van der Waals surface area contributed by atoms with E-state index in [-0.39, 0.29) is 0 Å². The Balaban J connectivity index is 1.90. The molecule has 14 heavy (non-hydrogen) atoms. The van der Waals surface area contributed by atoms with E-state index in [9.17, 15) is 0 Å². The van der Waals surface area contributed by atoms with Crippen LogP contribution in [-0.4, -0.2) is 42.8 Å². The summed E-state index contributed by atoms with van der Waals surface area (Å²) in [7, 11) is 0. The Kier molecular flexibility index (Phi) is 3.42. The van der Waals surface area contributed by atoms with Crippen molar-refractivity contribution in [2.45, 2.75) is 50.9 Å². The van der Waals surface area contributed by atoms with Crippen LogP contribution in [0.4, 0.5) is 0 Å². The second-order valence-electron chi connectivity index (χ2n) is 4.59. The van der Waals surface area contributed by atoms with Gasteiger partial charge >= 0.3 is 0 Å². The fourth-order valence-electron chi connectivity index (χ4n) is 2.73. The molecule has 2 rings (SSSR count). The van der Waals surface area contributed by atoms with Crippen LogP contribution < -0.4 is 5.73 Å². The third-order valence-corrected chi connectivity index (χ3v) is 3.48. The number of likely N-dealkylation sites (tertiary alicyclic amines) is 1. The van der Waals surface area contributed by atoms with E-state index < -0.39 is 0 Å². The molecule has 0 amide bonds. The van der Waals surface area contributed by atoms with Crippen molar-refractivity contribution < 1.29 is 4.74 Å². The molecule has 0 aromatic rings. The van der Waals surface area contributed by atoms with Crippen molar-refractivity contribution in [1.29, 1.82) is 0 Å². The molecule has 3 unspecified atom stereocenters. The maximum absolute atomic E-state index is 5.82. The van der Waals surface area contributed by atoms with Crippen LogP contribution in [0.25, 0.3) is 0 Å². The lowest BCUT2D eigenvalue weighted by molar-refractivity contribution is -0.0525. The maximum atomic E-state index is 5.82. The van der Waals surface area contributed by atoms with E-state index in [4.69, 9.17) is 10.5 Å². The van der Waals surface area contributed by atoms with Gasteiger partial charge < -0.3 is 10.5 Å². The van der Waals surface area contributed by atoms with Gasteiger partial charge in [0.25, 0.3) is 0 Å². The van der Waals surface area contributed by atoms with Crippen molar-refractivity contribution in [3.8, 4) is 0 Å². The second-order valence-corrected chi connectivity index (χ2v) is 4.59. The SMILES string of the molecule is CCCC(CN)N1CC2CCC(C1)O2. The summed E-state index contributed by atoms with van der Waals surface area (Å²) in [5.41, 5.74) is 5.82. The normalized spacial score (nSPS) is 34.7. The highest BCUT2D eigenvalue weighted by molar-refractivity contribution is 4.88. The van der Waals surface area contributed by atoms with E-state index >= 15 is 0 Å². The first-order chi connectivity index (χ1) is 6.83. The number of fused-ring (bicyclic) bond motifs is 2. The van der Waals surface area contributed by atoms with E-state index in [1.807, 2.05) is 0 Å². The predicted molar refractivity (Wildman–Crippen MR) is 57.2 cm³/mol. The predicted octanol–water partition coefficient (Wildman–Crippen LogP) is 0.977. The van der Waals surface area contributed by atoms with Crippen LogP contribution in [0, 0.1) is 0 Å². The minimum atomic E-state index is 0.500. The first kappa shape index (κ1) is 10.4. The van der Waals surface area contributed by atoms with Gasteiger partial charge in [-0.15, -0.1) is 0 Å². The molecule has 2 aliphatic heterocycles. The van der Waals surface area contributed by atoms with Crippen molar-refractivity contribution in [3.05, 3.63) is 0 Å². The van der Waals surface area contributed by atoms with Crippen molar-refractivity contribution in [2.75, 3.05) is 19.6 Å². The van der Waals surface area contributed by atoms with Crippen LogP contribution in [0.15, 0.2) is 0 Å². The standard InChI is InChI=1S/C11H22N2O/c1-2-3-9(6-12)13-7-10-4-5-11(8-13)14-10/h9-11H,2-8,12H2,1H3.